The number of ether oxygens (including phenoxy) is 2. The van der Waals surface area contributed by atoms with Crippen LogP contribution in [0.4, 0.5) is 4.39 Å². The normalized spacial score (nSPS) is 15.5. The van der Waals surface area contributed by atoms with Crippen molar-refractivity contribution >= 4 is 5.91 Å². The largest absolute Gasteiger partial charge is 0.497 e. The van der Waals surface area contributed by atoms with Gasteiger partial charge in [-0.2, -0.15) is 0 Å². The number of carbonyl (C=O) groups excluding carboxylic acids is 1. The Morgan fingerprint density at radius 2 is 1.86 bits per heavy atom. The number of likely N-dealkylation sites (N-methyl/N-ethyl adjacent to an activating group) is 1. The molecule has 0 aliphatic carbocycles. The van der Waals surface area contributed by atoms with Gasteiger partial charge in [0, 0.05) is 25.2 Å². The molecule has 1 unspecified atom stereocenters. The number of nitrogens with zero attached hydrogens (tertiary/aromatic N) is 2. The van der Waals surface area contributed by atoms with Crippen LogP contribution in [0.15, 0.2) is 59.2 Å². The molecule has 0 spiro atoms. The molecule has 1 aliphatic heterocycles. The van der Waals surface area contributed by atoms with Gasteiger partial charge in [-0.1, -0.05) is 18.2 Å². The molecule has 2 aromatic carbocycles. The van der Waals surface area contributed by atoms with Gasteiger partial charge in [-0.3, -0.25) is 9.69 Å². The van der Waals surface area contributed by atoms with E-state index in [9.17, 15) is 9.18 Å². The summed E-state index contributed by atoms with van der Waals surface area (Å²) in [5.74, 6) is 2.17. The van der Waals surface area contributed by atoms with Crippen molar-refractivity contribution in [1.29, 1.82) is 0 Å². The molecule has 1 atom stereocenters. The van der Waals surface area contributed by atoms with Crippen LogP contribution in [0.5, 0.6) is 11.5 Å². The van der Waals surface area contributed by atoms with Crippen LogP contribution in [-0.2, 0) is 13.0 Å². The second-order valence-electron chi connectivity index (χ2n) is 9.46. The van der Waals surface area contributed by atoms with E-state index in [0.717, 1.165) is 49.5 Å². The van der Waals surface area contributed by atoms with Crippen LogP contribution in [0, 0.1) is 18.7 Å². The zero-order chi connectivity index (χ0) is 25.7. The van der Waals surface area contributed by atoms with Crippen LogP contribution in [0.2, 0.25) is 0 Å². The van der Waals surface area contributed by atoms with Gasteiger partial charge < -0.3 is 18.8 Å². The summed E-state index contributed by atoms with van der Waals surface area (Å²) in [6, 6.07) is 14.3. The van der Waals surface area contributed by atoms with E-state index in [0.29, 0.717) is 23.3 Å². The number of likely N-dealkylation sites (tertiary alicyclic amines) is 1. The molecule has 3 aromatic rings. The van der Waals surface area contributed by atoms with Crippen molar-refractivity contribution in [2.75, 3.05) is 34.4 Å². The third kappa shape index (κ3) is 5.73. The molecule has 1 aliphatic rings. The second-order valence-corrected chi connectivity index (χ2v) is 9.46. The Kier molecular flexibility index (Phi) is 8.31. The van der Waals surface area contributed by atoms with Crippen molar-refractivity contribution < 1.29 is 23.1 Å². The highest BCUT2D eigenvalue weighted by Crippen LogP contribution is 2.31. The Bertz CT molecular complexity index is 1170. The van der Waals surface area contributed by atoms with E-state index >= 15 is 0 Å². The van der Waals surface area contributed by atoms with Crippen LogP contribution in [0.25, 0.3) is 0 Å². The Labute approximate surface area is 212 Å². The second kappa shape index (κ2) is 11.6. The first kappa shape index (κ1) is 25.8. The van der Waals surface area contributed by atoms with Gasteiger partial charge in [0.05, 0.1) is 26.0 Å². The van der Waals surface area contributed by atoms with Gasteiger partial charge in [0.1, 0.15) is 23.1 Å². The van der Waals surface area contributed by atoms with E-state index < -0.39 is 0 Å². The maximum Gasteiger partial charge on any atom is 0.257 e. The fraction of sp³-hybridized carbons (Fsp3) is 0.414. The number of hydrogen-bond acceptors (Lipinski definition) is 5. The van der Waals surface area contributed by atoms with E-state index in [-0.39, 0.29) is 23.7 Å². The lowest BCUT2D eigenvalue weighted by molar-refractivity contribution is 0.0581. The molecule has 192 valence electrons. The first-order valence-corrected chi connectivity index (χ1v) is 12.4. The molecule has 0 radical (unpaired) electrons. The molecule has 1 saturated heterocycles. The zero-order valence-corrected chi connectivity index (χ0v) is 21.5. The predicted octanol–water partition coefficient (Wildman–Crippen LogP) is 5.34. The number of hydrogen-bond donors (Lipinski definition) is 0. The number of aryl methyl sites for hydroxylation is 1. The number of piperidine rings is 1. The zero-order valence-electron chi connectivity index (χ0n) is 21.5. The number of methoxy groups -OCH3 is 2. The summed E-state index contributed by atoms with van der Waals surface area (Å²) in [6.45, 7) is 4.31. The summed E-state index contributed by atoms with van der Waals surface area (Å²) in [7, 11) is 5.17. The molecular formula is C29H35FN2O4. The number of halogens is 1. The number of furan rings is 1. The molecule has 0 bridgehead atoms. The van der Waals surface area contributed by atoms with Gasteiger partial charge in [-0.25, -0.2) is 4.39 Å². The third-order valence-corrected chi connectivity index (χ3v) is 7.35. The smallest absolute Gasteiger partial charge is 0.257 e. The van der Waals surface area contributed by atoms with Crippen LogP contribution in [0.1, 0.15) is 40.1 Å². The van der Waals surface area contributed by atoms with Crippen molar-refractivity contribution in [2.24, 2.45) is 5.92 Å². The molecule has 0 saturated carbocycles. The lowest BCUT2D eigenvalue weighted by Crippen LogP contribution is -2.47. The van der Waals surface area contributed by atoms with Crippen molar-refractivity contribution in [3.8, 4) is 11.5 Å². The quantitative estimate of drug-likeness (QED) is 0.402. The minimum Gasteiger partial charge on any atom is -0.497 e. The summed E-state index contributed by atoms with van der Waals surface area (Å²) in [6.07, 6.45) is 3.83. The van der Waals surface area contributed by atoms with Crippen LogP contribution in [-0.4, -0.2) is 56.1 Å². The average Bonchev–Trinajstić information content (AvgIpc) is 3.33. The van der Waals surface area contributed by atoms with Crippen molar-refractivity contribution in [1.82, 2.24) is 9.80 Å². The van der Waals surface area contributed by atoms with Gasteiger partial charge in [-0.05, 0) is 81.1 Å². The molecule has 1 amide bonds. The Morgan fingerprint density at radius 3 is 2.50 bits per heavy atom. The van der Waals surface area contributed by atoms with Gasteiger partial charge >= 0.3 is 0 Å². The highest BCUT2D eigenvalue weighted by Gasteiger charge is 2.33. The van der Waals surface area contributed by atoms with Gasteiger partial charge in [-0.15, -0.1) is 0 Å². The molecule has 36 heavy (non-hydrogen) atoms. The Morgan fingerprint density at radius 1 is 1.11 bits per heavy atom. The maximum absolute atomic E-state index is 14.6. The molecular weight excluding hydrogens is 459 g/mol. The monoisotopic (exact) mass is 494 g/mol. The Balaban J connectivity index is 1.50. The van der Waals surface area contributed by atoms with Crippen molar-refractivity contribution in [2.45, 2.75) is 38.8 Å². The summed E-state index contributed by atoms with van der Waals surface area (Å²) in [5, 5.41) is 0. The SMILES string of the molecule is COc1ccc(OC)c(CN2CCC(C(Cc3ccccc3F)N(C)C(=O)c3ccoc3C)CC2)c1. The fourth-order valence-corrected chi connectivity index (χ4v) is 5.20. The topological polar surface area (TPSA) is 55.2 Å². The summed E-state index contributed by atoms with van der Waals surface area (Å²) in [4.78, 5) is 17.5. The summed E-state index contributed by atoms with van der Waals surface area (Å²) >= 11 is 0. The predicted molar refractivity (Wildman–Crippen MR) is 137 cm³/mol. The molecule has 4 rings (SSSR count). The number of amides is 1. The fourth-order valence-electron chi connectivity index (χ4n) is 5.20. The van der Waals surface area contributed by atoms with Crippen LogP contribution in [0.3, 0.4) is 0 Å². The minimum atomic E-state index is -0.231. The molecule has 1 aromatic heterocycles. The van der Waals surface area contributed by atoms with Crippen LogP contribution >= 0.6 is 0 Å². The highest BCUT2D eigenvalue weighted by molar-refractivity contribution is 5.95. The van der Waals surface area contributed by atoms with Gasteiger partial charge in [0.25, 0.3) is 5.91 Å². The highest BCUT2D eigenvalue weighted by atomic mass is 19.1. The standard InChI is InChI=1S/C29H35FN2O4/c1-20-25(13-16-36-20)29(33)31(2)27(18-22-7-5-6-8-26(22)30)21-11-14-32(15-12-21)19-23-17-24(34-3)9-10-28(23)35-4/h5-10,13,16-17,21,27H,11-12,14-15,18-19H2,1-4H3. The van der Waals surface area contributed by atoms with Crippen molar-refractivity contribution in [3.63, 3.8) is 0 Å². The lowest BCUT2D eigenvalue weighted by atomic mass is 9.84. The van der Waals surface area contributed by atoms with E-state index in [1.165, 1.54) is 12.3 Å². The third-order valence-electron chi connectivity index (χ3n) is 7.35. The average molecular weight is 495 g/mol. The molecule has 6 nitrogen and oxygen atoms in total. The summed E-state index contributed by atoms with van der Waals surface area (Å²) in [5.41, 5.74) is 2.27. The molecule has 7 heteroatoms. The first-order valence-electron chi connectivity index (χ1n) is 12.4. The molecule has 2 heterocycles. The van der Waals surface area contributed by atoms with Crippen LogP contribution < -0.4 is 9.47 Å². The maximum atomic E-state index is 14.6. The number of rotatable bonds is 9. The number of carbonyl (C=O) groups is 1. The molecule has 0 N–H and O–H groups in total. The molecule has 1 fully saturated rings. The number of benzene rings is 2. The first-order chi connectivity index (χ1) is 17.4. The minimum absolute atomic E-state index is 0.0915. The van der Waals surface area contributed by atoms with E-state index in [4.69, 9.17) is 13.9 Å². The summed E-state index contributed by atoms with van der Waals surface area (Å²) < 4.78 is 30.9. The Hall–Kier alpha value is -3.32. The van der Waals surface area contributed by atoms with Crippen molar-refractivity contribution in [3.05, 3.63) is 83.1 Å². The van der Waals surface area contributed by atoms with Gasteiger partial charge in [0.15, 0.2) is 0 Å². The van der Waals surface area contributed by atoms with E-state index in [1.807, 2.05) is 37.4 Å². The van der Waals surface area contributed by atoms with E-state index in [1.54, 1.807) is 38.2 Å². The van der Waals surface area contributed by atoms with E-state index in [2.05, 4.69) is 4.90 Å². The van der Waals surface area contributed by atoms with Gasteiger partial charge in [0.2, 0.25) is 0 Å². The lowest BCUT2D eigenvalue weighted by Gasteiger charge is -2.40.